The number of amides is 1. The summed E-state index contributed by atoms with van der Waals surface area (Å²) in [5.41, 5.74) is 13.3. The van der Waals surface area contributed by atoms with Gasteiger partial charge in [0.1, 0.15) is 0 Å². The molecule has 0 saturated carbocycles. The van der Waals surface area contributed by atoms with E-state index < -0.39 is 5.91 Å². The monoisotopic (exact) mass is 233 g/mol. The van der Waals surface area contributed by atoms with Crippen LogP contribution in [0.4, 0.5) is 11.4 Å². The van der Waals surface area contributed by atoms with Crippen LogP contribution >= 0.6 is 0 Å². The lowest BCUT2D eigenvalue weighted by molar-refractivity contribution is 0.100. The number of nitrogen functional groups attached to an aromatic ring is 1. The van der Waals surface area contributed by atoms with Gasteiger partial charge in [-0.25, -0.2) is 0 Å². The predicted molar refractivity (Wildman–Crippen MR) is 69.9 cm³/mol. The lowest BCUT2D eigenvalue weighted by Crippen LogP contribution is -2.21. The zero-order valence-electron chi connectivity index (χ0n) is 10.3. The molecule has 1 amide bonds. The number of nitrogens with zero attached hydrogens (tertiary/aromatic N) is 1. The SMILES string of the molecule is CC1CN(c2ccc(C(N)=O)cc2N)CC1C. The maximum Gasteiger partial charge on any atom is 0.248 e. The molecule has 4 heteroatoms. The average Bonchev–Trinajstić information content (AvgIpc) is 2.58. The highest BCUT2D eigenvalue weighted by molar-refractivity contribution is 5.94. The van der Waals surface area contributed by atoms with E-state index in [0.717, 1.165) is 18.8 Å². The Hall–Kier alpha value is -1.71. The van der Waals surface area contributed by atoms with Crippen molar-refractivity contribution >= 4 is 17.3 Å². The molecule has 1 saturated heterocycles. The minimum Gasteiger partial charge on any atom is -0.397 e. The molecule has 4 nitrogen and oxygen atoms in total. The number of carbonyl (C=O) groups excluding carboxylic acids is 1. The third-order valence-corrected chi connectivity index (χ3v) is 3.64. The topological polar surface area (TPSA) is 72.3 Å². The first-order chi connectivity index (χ1) is 7.99. The highest BCUT2D eigenvalue weighted by atomic mass is 16.1. The largest absolute Gasteiger partial charge is 0.397 e. The van der Waals surface area contributed by atoms with Gasteiger partial charge in [-0.15, -0.1) is 0 Å². The molecule has 1 aliphatic heterocycles. The van der Waals surface area contributed by atoms with Crippen LogP contribution in [0.1, 0.15) is 24.2 Å². The first kappa shape index (κ1) is 11.8. The molecule has 17 heavy (non-hydrogen) atoms. The summed E-state index contributed by atoms with van der Waals surface area (Å²) >= 11 is 0. The van der Waals surface area contributed by atoms with Crippen LogP contribution in [0, 0.1) is 11.8 Å². The van der Waals surface area contributed by atoms with E-state index in [4.69, 9.17) is 11.5 Å². The quantitative estimate of drug-likeness (QED) is 0.760. The van der Waals surface area contributed by atoms with Crippen LogP contribution in [0.15, 0.2) is 18.2 Å². The molecule has 1 aliphatic rings. The van der Waals surface area contributed by atoms with Crippen molar-refractivity contribution in [2.24, 2.45) is 17.6 Å². The molecule has 0 bridgehead atoms. The molecule has 2 unspecified atom stereocenters. The molecule has 2 rings (SSSR count). The zero-order chi connectivity index (χ0) is 12.6. The molecule has 0 spiro atoms. The van der Waals surface area contributed by atoms with Crippen molar-refractivity contribution < 1.29 is 4.79 Å². The van der Waals surface area contributed by atoms with Crippen molar-refractivity contribution in [1.29, 1.82) is 0 Å². The fraction of sp³-hybridized carbons (Fsp3) is 0.462. The van der Waals surface area contributed by atoms with Gasteiger partial charge in [0.25, 0.3) is 0 Å². The Kier molecular flexibility index (Phi) is 2.96. The summed E-state index contributed by atoms with van der Waals surface area (Å²) in [6, 6.07) is 5.28. The minimum absolute atomic E-state index is 0.439. The number of benzene rings is 1. The van der Waals surface area contributed by atoms with E-state index in [0.29, 0.717) is 23.1 Å². The standard InChI is InChI=1S/C13H19N3O/c1-8-6-16(7-9(8)2)12-4-3-10(13(15)17)5-11(12)14/h3-5,8-9H,6-7,14H2,1-2H3,(H2,15,17). The molecular formula is C13H19N3O. The Balaban J connectivity index is 2.26. The second kappa shape index (κ2) is 4.28. The van der Waals surface area contributed by atoms with Crippen molar-refractivity contribution in [1.82, 2.24) is 0 Å². The highest BCUT2D eigenvalue weighted by Gasteiger charge is 2.27. The van der Waals surface area contributed by atoms with Gasteiger partial charge in [0.2, 0.25) is 5.91 Å². The van der Waals surface area contributed by atoms with Crippen LogP contribution < -0.4 is 16.4 Å². The van der Waals surface area contributed by atoms with E-state index in [9.17, 15) is 4.79 Å². The van der Waals surface area contributed by atoms with Crippen molar-refractivity contribution in [3.63, 3.8) is 0 Å². The summed E-state index contributed by atoms with van der Waals surface area (Å²) in [6.07, 6.45) is 0. The molecule has 1 aromatic carbocycles. The van der Waals surface area contributed by atoms with Crippen LogP contribution in [-0.4, -0.2) is 19.0 Å². The minimum atomic E-state index is -0.439. The van der Waals surface area contributed by atoms with E-state index >= 15 is 0 Å². The van der Waals surface area contributed by atoms with Crippen LogP contribution in [0.2, 0.25) is 0 Å². The Labute approximate surface area is 102 Å². The second-order valence-corrected chi connectivity index (χ2v) is 5.00. The second-order valence-electron chi connectivity index (χ2n) is 5.00. The van der Waals surface area contributed by atoms with Gasteiger partial charge in [0, 0.05) is 18.7 Å². The number of primary amides is 1. The normalized spacial score (nSPS) is 24.0. The van der Waals surface area contributed by atoms with Gasteiger partial charge in [0.05, 0.1) is 11.4 Å². The van der Waals surface area contributed by atoms with E-state index in [2.05, 4.69) is 18.7 Å². The fourth-order valence-electron chi connectivity index (χ4n) is 2.32. The maximum absolute atomic E-state index is 11.0. The van der Waals surface area contributed by atoms with Gasteiger partial charge in [-0.3, -0.25) is 4.79 Å². The van der Waals surface area contributed by atoms with Crippen LogP contribution in [0.5, 0.6) is 0 Å². The smallest absolute Gasteiger partial charge is 0.248 e. The molecule has 4 N–H and O–H groups in total. The van der Waals surface area contributed by atoms with Crippen LogP contribution in [-0.2, 0) is 0 Å². The summed E-state index contributed by atoms with van der Waals surface area (Å²) in [5, 5.41) is 0. The first-order valence-corrected chi connectivity index (χ1v) is 5.93. The lowest BCUT2D eigenvalue weighted by Gasteiger charge is -2.20. The van der Waals surface area contributed by atoms with Gasteiger partial charge in [-0.05, 0) is 30.0 Å². The van der Waals surface area contributed by atoms with Gasteiger partial charge < -0.3 is 16.4 Å². The number of carbonyl (C=O) groups is 1. The summed E-state index contributed by atoms with van der Waals surface area (Å²) < 4.78 is 0. The Morgan fingerprint density at radius 3 is 2.35 bits per heavy atom. The van der Waals surface area contributed by atoms with Gasteiger partial charge in [-0.2, -0.15) is 0 Å². The van der Waals surface area contributed by atoms with Crippen LogP contribution in [0.3, 0.4) is 0 Å². The number of anilines is 2. The molecule has 2 atom stereocenters. The van der Waals surface area contributed by atoms with Gasteiger partial charge in [-0.1, -0.05) is 13.8 Å². The van der Waals surface area contributed by atoms with E-state index in [1.807, 2.05) is 6.07 Å². The summed E-state index contributed by atoms with van der Waals surface area (Å²) in [4.78, 5) is 13.3. The molecule has 0 radical (unpaired) electrons. The molecule has 1 fully saturated rings. The number of rotatable bonds is 2. The molecule has 92 valence electrons. The predicted octanol–water partition coefficient (Wildman–Crippen LogP) is 1.46. The third kappa shape index (κ3) is 2.20. The van der Waals surface area contributed by atoms with Gasteiger partial charge in [0.15, 0.2) is 0 Å². The number of hydrogen-bond donors (Lipinski definition) is 2. The average molecular weight is 233 g/mol. The summed E-state index contributed by atoms with van der Waals surface area (Å²) in [6.45, 7) is 6.53. The van der Waals surface area contributed by atoms with Crippen molar-refractivity contribution in [2.45, 2.75) is 13.8 Å². The molecule has 1 heterocycles. The van der Waals surface area contributed by atoms with Crippen molar-refractivity contribution in [2.75, 3.05) is 23.7 Å². The molecule has 0 aromatic heterocycles. The Morgan fingerprint density at radius 1 is 1.29 bits per heavy atom. The Bertz CT molecular complexity index is 434. The molecular weight excluding hydrogens is 214 g/mol. The van der Waals surface area contributed by atoms with E-state index in [1.54, 1.807) is 12.1 Å². The molecule has 0 aliphatic carbocycles. The first-order valence-electron chi connectivity index (χ1n) is 5.93. The van der Waals surface area contributed by atoms with Crippen molar-refractivity contribution in [3.05, 3.63) is 23.8 Å². The lowest BCUT2D eigenvalue weighted by atomic mass is 10.0. The third-order valence-electron chi connectivity index (χ3n) is 3.64. The highest BCUT2D eigenvalue weighted by Crippen LogP contribution is 2.31. The number of nitrogens with two attached hydrogens (primary N) is 2. The molecule has 1 aromatic rings. The van der Waals surface area contributed by atoms with Crippen molar-refractivity contribution in [3.8, 4) is 0 Å². The zero-order valence-corrected chi connectivity index (χ0v) is 10.3. The number of hydrogen-bond acceptors (Lipinski definition) is 3. The van der Waals surface area contributed by atoms with Gasteiger partial charge >= 0.3 is 0 Å². The maximum atomic E-state index is 11.0. The fourth-order valence-corrected chi connectivity index (χ4v) is 2.32. The van der Waals surface area contributed by atoms with Crippen LogP contribution in [0.25, 0.3) is 0 Å². The van der Waals surface area contributed by atoms with E-state index in [-0.39, 0.29) is 0 Å². The summed E-state index contributed by atoms with van der Waals surface area (Å²) in [5.74, 6) is 0.904. The van der Waals surface area contributed by atoms with E-state index in [1.165, 1.54) is 0 Å². The summed E-state index contributed by atoms with van der Waals surface area (Å²) in [7, 11) is 0. The Morgan fingerprint density at radius 2 is 1.88 bits per heavy atom.